The molecule has 0 fully saturated rings. The van der Waals surface area contributed by atoms with Gasteiger partial charge in [0.05, 0.1) is 16.4 Å². The first-order chi connectivity index (χ1) is 11.3. The van der Waals surface area contributed by atoms with Crippen molar-refractivity contribution in [1.82, 2.24) is 15.0 Å². The highest BCUT2D eigenvalue weighted by atomic mass is 79.9. The van der Waals surface area contributed by atoms with Crippen LogP contribution in [0.1, 0.15) is 0 Å². The fraction of sp³-hybridized carbons (Fsp3) is 0.133. The quantitative estimate of drug-likeness (QED) is 0.486. The number of hydrogen-bond donors (Lipinski definition) is 1. The van der Waals surface area contributed by atoms with Gasteiger partial charge in [-0.05, 0) is 59.1 Å². The first kappa shape index (κ1) is 17.1. The molecule has 3 aromatic rings. The predicted octanol–water partition coefficient (Wildman–Crippen LogP) is 4.54. The fourth-order valence-corrected chi connectivity index (χ4v) is 3.73. The molecule has 0 aliphatic carbocycles. The molecule has 0 saturated carbocycles. The van der Waals surface area contributed by atoms with E-state index >= 15 is 0 Å². The average Bonchev–Trinajstić information content (AvgIpc) is 3.04. The third-order valence-electron chi connectivity index (χ3n) is 3.22. The van der Waals surface area contributed by atoms with Gasteiger partial charge in [-0.15, -0.1) is 0 Å². The molecule has 2 heterocycles. The summed E-state index contributed by atoms with van der Waals surface area (Å²) in [5.74, 6) is 0.969. The van der Waals surface area contributed by atoms with Gasteiger partial charge in [-0.1, -0.05) is 0 Å². The second-order valence-corrected chi connectivity index (χ2v) is 9.76. The van der Waals surface area contributed by atoms with Gasteiger partial charge in [-0.3, -0.25) is 0 Å². The van der Waals surface area contributed by atoms with Crippen molar-refractivity contribution in [2.75, 3.05) is 18.6 Å². The van der Waals surface area contributed by atoms with E-state index in [0.717, 1.165) is 5.56 Å². The number of hydrogen-bond acceptors (Lipinski definition) is 6. The number of halogens is 2. The van der Waals surface area contributed by atoms with Crippen LogP contribution in [0.3, 0.4) is 0 Å². The Morgan fingerprint density at radius 2 is 2.08 bits per heavy atom. The van der Waals surface area contributed by atoms with Gasteiger partial charge in [0.15, 0.2) is 0 Å². The van der Waals surface area contributed by atoms with Gasteiger partial charge >= 0.3 is 0 Å². The van der Waals surface area contributed by atoms with Gasteiger partial charge in [-0.25, -0.2) is 9.97 Å². The lowest BCUT2D eigenvalue weighted by Crippen LogP contribution is -2.11. The van der Waals surface area contributed by atoms with Crippen molar-refractivity contribution >= 4 is 51.5 Å². The Labute approximate surface area is 152 Å². The van der Waals surface area contributed by atoms with Crippen molar-refractivity contribution in [3.8, 4) is 11.5 Å². The Morgan fingerprint density at radius 3 is 2.75 bits per heavy atom. The summed E-state index contributed by atoms with van der Waals surface area (Å²) in [6.45, 7) is 3.41. The first-order valence-corrected chi connectivity index (χ1v) is 10.7. The molecule has 0 bridgehead atoms. The van der Waals surface area contributed by atoms with E-state index in [-0.39, 0.29) is 5.28 Å². The van der Waals surface area contributed by atoms with E-state index in [1.807, 2.05) is 18.2 Å². The molecule has 1 N–H and O–H groups in total. The zero-order chi connectivity index (χ0) is 17.3. The lowest BCUT2D eigenvalue weighted by molar-refractivity contribution is 0.574. The molecule has 0 unspecified atom stereocenters. The molecular formula is C15H13BrClN4O2P. The molecule has 1 aromatic carbocycles. The van der Waals surface area contributed by atoms with E-state index in [1.54, 1.807) is 25.7 Å². The van der Waals surface area contributed by atoms with Crippen molar-refractivity contribution in [3.63, 3.8) is 0 Å². The Bertz CT molecular complexity index is 927. The van der Waals surface area contributed by atoms with E-state index < -0.39 is 7.14 Å². The highest BCUT2D eigenvalue weighted by Gasteiger charge is 2.19. The molecule has 24 heavy (non-hydrogen) atoms. The molecule has 0 saturated heterocycles. The van der Waals surface area contributed by atoms with Crippen LogP contribution < -0.4 is 10.6 Å². The van der Waals surface area contributed by atoms with Gasteiger partial charge in [0.2, 0.25) is 11.2 Å². The number of nitrogens with one attached hydrogen (secondary N) is 1. The molecule has 0 radical (unpaired) electrons. The molecule has 3 rings (SSSR count). The summed E-state index contributed by atoms with van der Waals surface area (Å²) >= 11 is 9.22. The lowest BCUT2D eigenvalue weighted by Gasteiger charge is -2.16. The van der Waals surface area contributed by atoms with Crippen LogP contribution in [0.4, 0.5) is 11.5 Å². The third-order valence-corrected chi connectivity index (χ3v) is 5.52. The second kappa shape index (κ2) is 6.67. The number of anilines is 2. The topological polar surface area (TPSA) is 80.9 Å². The summed E-state index contributed by atoms with van der Waals surface area (Å²) in [7, 11) is -2.57. The maximum absolute atomic E-state index is 12.7. The van der Waals surface area contributed by atoms with Gasteiger partial charge in [0, 0.05) is 17.1 Å². The van der Waals surface area contributed by atoms with Crippen molar-refractivity contribution in [3.05, 3.63) is 46.6 Å². The highest BCUT2D eigenvalue weighted by Crippen LogP contribution is 2.40. The maximum Gasteiger partial charge on any atom is 0.225 e. The SMILES string of the molecule is CP(C)(=O)c1cc(-c2ncco2)ccc1Nc1nc(Cl)ncc1Br. The monoisotopic (exact) mass is 426 g/mol. The molecule has 6 nitrogen and oxygen atoms in total. The van der Waals surface area contributed by atoms with Crippen molar-refractivity contribution in [2.24, 2.45) is 0 Å². The number of rotatable bonds is 4. The fourth-order valence-electron chi connectivity index (χ4n) is 2.14. The zero-order valence-electron chi connectivity index (χ0n) is 12.8. The van der Waals surface area contributed by atoms with Gasteiger partial charge < -0.3 is 14.3 Å². The molecule has 124 valence electrons. The van der Waals surface area contributed by atoms with Crippen molar-refractivity contribution in [1.29, 1.82) is 0 Å². The normalized spacial score (nSPS) is 11.5. The van der Waals surface area contributed by atoms with Crippen LogP contribution in [0.15, 0.2) is 45.7 Å². The van der Waals surface area contributed by atoms with Crippen molar-refractivity contribution < 1.29 is 8.98 Å². The van der Waals surface area contributed by atoms with Crippen molar-refractivity contribution in [2.45, 2.75) is 0 Å². The van der Waals surface area contributed by atoms with Gasteiger partial charge in [0.1, 0.15) is 19.2 Å². The Kier molecular flexibility index (Phi) is 4.76. The lowest BCUT2D eigenvalue weighted by atomic mass is 10.2. The van der Waals surface area contributed by atoms with Gasteiger partial charge in [-0.2, -0.15) is 4.98 Å². The van der Waals surface area contributed by atoms with Gasteiger partial charge in [0.25, 0.3) is 0 Å². The first-order valence-electron chi connectivity index (χ1n) is 6.89. The Morgan fingerprint density at radius 1 is 1.29 bits per heavy atom. The minimum Gasteiger partial charge on any atom is -0.445 e. The molecule has 2 aromatic heterocycles. The van der Waals surface area contributed by atoms with Crippen LogP contribution in [0.5, 0.6) is 0 Å². The minimum atomic E-state index is -2.57. The number of aromatic nitrogens is 3. The number of nitrogens with zero attached hydrogens (tertiary/aromatic N) is 3. The molecule has 0 aliphatic heterocycles. The van der Waals surface area contributed by atoms with E-state index in [0.29, 0.717) is 27.2 Å². The Balaban J connectivity index is 2.07. The molecule has 0 aliphatic rings. The van der Waals surface area contributed by atoms with Crippen LogP contribution in [-0.2, 0) is 4.57 Å². The third kappa shape index (κ3) is 3.69. The molecular weight excluding hydrogens is 415 g/mol. The largest absolute Gasteiger partial charge is 0.445 e. The summed E-state index contributed by atoms with van der Waals surface area (Å²) in [5, 5.41) is 3.94. The maximum atomic E-state index is 12.7. The van der Waals surface area contributed by atoms with Crippen LogP contribution in [-0.4, -0.2) is 28.3 Å². The molecule has 0 atom stereocenters. The van der Waals surface area contributed by atoms with E-state index in [9.17, 15) is 4.57 Å². The number of oxazole rings is 1. The zero-order valence-corrected chi connectivity index (χ0v) is 16.1. The van der Waals surface area contributed by atoms with Crippen LogP contribution in [0, 0.1) is 0 Å². The predicted molar refractivity (Wildman–Crippen MR) is 99.1 cm³/mol. The second-order valence-electron chi connectivity index (χ2n) is 5.38. The smallest absolute Gasteiger partial charge is 0.225 e. The summed E-state index contributed by atoms with van der Waals surface area (Å²) in [6.07, 6.45) is 4.62. The summed E-state index contributed by atoms with van der Waals surface area (Å²) in [5.41, 5.74) is 1.43. The van der Waals surface area contributed by atoms with Crippen LogP contribution in [0.2, 0.25) is 5.28 Å². The summed E-state index contributed by atoms with van der Waals surface area (Å²) in [6, 6.07) is 5.46. The summed E-state index contributed by atoms with van der Waals surface area (Å²) in [4.78, 5) is 12.2. The Hall–Kier alpha value is -1.69. The van der Waals surface area contributed by atoms with E-state index in [1.165, 1.54) is 6.26 Å². The number of benzene rings is 1. The standard InChI is InChI=1S/C15H13BrClN4O2P/c1-24(2,22)12-7-9(14-18-5-6-23-14)3-4-11(12)20-13-10(16)8-19-15(17)21-13/h3-8H,1-2H3,(H,19,20,21). The minimum absolute atomic E-state index is 0.120. The molecule has 9 heteroatoms. The van der Waals surface area contributed by atoms with Crippen LogP contribution >= 0.6 is 34.7 Å². The molecule has 0 spiro atoms. The van der Waals surface area contributed by atoms with Crippen LogP contribution in [0.25, 0.3) is 11.5 Å². The average molecular weight is 428 g/mol. The van der Waals surface area contributed by atoms with E-state index in [2.05, 4.69) is 36.2 Å². The highest BCUT2D eigenvalue weighted by molar-refractivity contribution is 9.10. The summed E-state index contributed by atoms with van der Waals surface area (Å²) < 4.78 is 18.7. The molecule has 0 amide bonds. The van der Waals surface area contributed by atoms with E-state index in [4.69, 9.17) is 16.0 Å².